The number of nitrogens with zero attached hydrogens (tertiary/aromatic N) is 3. The lowest BCUT2D eigenvalue weighted by Crippen LogP contribution is -1.99. The third-order valence-electron chi connectivity index (χ3n) is 3.47. The van der Waals surface area contributed by atoms with E-state index < -0.39 is 4.92 Å². The molecule has 3 aromatic rings. The minimum atomic E-state index is -0.439. The first-order valence-electron chi connectivity index (χ1n) is 7.41. The number of nitro benzene ring substituents is 1. The summed E-state index contributed by atoms with van der Waals surface area (Å²) in [6, 6.07) is 11.6. The van der Waals surface area contributed by atoms with Crippen molar-refractivity contribution < 1.29 is 18.9 Å². The molecule has 0 radical (unpaired) electrons. The predicted octanol–water partition coefficient (Wildman–Crippen LogP) is 3.54. The number of rotatable bonds is 6. The Balaban J connectivity index is 1.78. The zero-order valence-corrected chi connectivity index (χ0v) is 13.6. The van der Waals surface area contributed by atoms with Crippen LogP contribution in [0.15, 0.2) is 47.0 Å². The van der Waals surface area contributed by atoms with Gasteiger partial charge in [0.2, 0.25) is 11.7 Å². The van der Waals surface area contributed by atoms with Gasteiger partial charge in [-0.05, 0) is 23.8 Å². The van der Waals surface area contributed by atoms with E-state index in [2.05, 4.69) is 10.1 Å². The van der Waals surface area contributed by atoms with Crippen LogP contribution >= 0.6 is 0 Å². The van der Waals surface area contributed by atoms with Crippen molar-refractivity contribution >= 4 is 5.69 Å². The third-order valence-corrected chi connectivity index (χ3v) is 3.47. The Bertz CT molecular complexity index is 907. The highest BCUT2D eigenvalue weighted by molar-refractivity contribution is 5.60. The highest BCUT2D eigenvalue weighted by Crippen LogP contribution is 2.32. The first kappa shape index (κ1) is 16.4. The molecule has 0 atom stereocenters. The van der Waals surface area contributed by atoms with E-state index in [4.69, 9.17) is 14.0 Å². The summed E-state index contributed by atoms with van der Waals surface area (Å²) in [6.07, 6.45) is 0. The molecule has 0 spiro atoms. The lowest BCUT2D eigenvalue weighted by molar-refractivity contribution is -0.384. The molecule has 8 nitrogen and oxygen atoms in total. The standard InChI is InChI=1S/C17H15N3O5/c1-11-18-17(19-25-11)13-6-7-15(16(9-13)23-2)24-10-12-4-3-5-14(8-12)20(21)22/h3-9H,10H2,1-2H3. The molecule has 0 amide bonds. The van der Waals surface area contributed by atoms with Crippen molar-refractivity contribution in [2.45, 2.75) is 13.5 Å². The number of aryl methyl sites for hydroxylation is 1. The van der Waals surface area contributed by atoms with E-state index in [1.54, 1.807) is 37.3 Å². The van der Waals surface area contributed by atoms with Crippen LogP contribution in [0.3, 0.4) is 0 Å². The highest BCUT2D eigenvalue weighted by atomic mass is 16.6. The average Bonchev–Trinajstić information content (AvgIpc) is 3.06. The molecule has 2 aromatic carbocycles. The van der Waals surface area contributed by atoms with Crippen molar-refractivity contribution in [3.05, 3.63) is 64.0 Å². The van der Waals surface area contributed by atoms with E-state index in [9.17, 15) is 10.1 Å². The Labute approximate surface area is 143 Å². The highest BCUT2D eigenvalue weighted by Gasteiger charge is 2.12. The summed E-state index contributed by atoms with van der Waals surface area (Å²) in [5, 5.41) is 14.7. The van der Waals surface area contributed by atoms with Gasteiger partial charge in [-0.1, -0.05) is 17.3 Å². The van der Waals surface area contributed by atoms with E-state index in [0.717, 1.165) is 5.56 Å². The van der Waals surface area contributed by atoms with Crippen LogP contribution in [0.25, 0.3) is 11.4 Å². The third kappa shape index (κ3) is 3.74. The number of ether oxygens (including phenoxy) is 2. The molecule has 128 valence electrons. The van der Waals surface area contributed by atoms with Crippen molar-refractivity contribution in [3.63, 3.8) is 0 Å². The van der Waals surface area contributed by atoms with Gasteiger partial charge in [0.25, 0.3) is 5.69 Å². The molecular weight excluding hydrogens is 326 g/mol. The Morgan fingerprint density at radius 1 is 1.20 bits per heavy atom. The van der Waals surface area contributed by atoms with Crippen LogP contribution in [0.4, 0.5) is 5.69 Å². The molecule has 25 heavy (non-hydrogen) atoms. The SMILES string of the molecule is COc1cc(-c2noc(C)n2)ccc1OCc1cccc([N+](=O)[O-])c1. The summed E-state index contributed by atoms with van der Waals surface area (Å²) in [4.78, 5) is 14.6. The fraction of sp³-hybridized carbons (Fsp3) is 0.176. The van der Waals surface area contributed by atoms with Gasteiger partial charge in [0, 0.05) is 24.6 Å². The van der Waals surface area contributed by atoms with Gasteiger partial charge >= 0.3 is 0 Å². The monoisotopic (exact) mass is 341 g/mol. The van der Waals surface area contributed by atoms with Gasteiger partial charge in [-0.25, -0.2) is 0 Å². The van der Waals surface area contributed by atoms with Crippen molar-refractivity contribution in [2.24, 2.45) is 0 Å². The summed E-state index contributed by atoms with van der Waals surface area (Å²) in [5.41, 5.74) is 1.45. The van der Waals surface area contributed by atoms with Crippen molar-refractivity contribution in [2.75, 3.05) is 7.11 Å². The summed E-state index contributed by atoms with van der Waals surface area (Å²) >= 11 is 0. The zero-order valence-electron chi connectivity index (χ0n) is 13.6. The Kier molecular flexibility index (Phi) is 4.60. The minimum Gasteiger partial charge on any atom is -0.493 e. The maximum atomic E-state index is 10.8. The van der Waals surface area contributed by atoms with Gasteiger partial charge in [0.05, 0.1) is 12.0 Å². The van der Waals surface area contributed by atoms with Crippen LogP contribution in [0, 0.1) is 17.0 Å². The van der Waals surface area contributed by atoms with Gasteiger partial charge in [-0.2, -0.15) is 4.98 Å². The first-order chi connectivity index (χ1) is 12.1. The molecule has 0 saturated heterocycles. The van der Waals surface area contributed by atoms with E-state index in [-0.39, 0.29) is 12.3 Å². The summed E-state index contributed by atoms with van der Waals surface area (Å²) in [6.45, 7) is 1.89. The molecule has 0 saturated carbocycles. The number of hydrogen-bond acceptors (Lipinski definition) is 7. The quantitative estimate of drug-likeness (QED) is 0.499. The second-order valence-electron chi connectivity index (χ2n) is 5.22. The molecule has 0 bridgehead atoms. The van der Waals surface area contributed by atoms with Gasteiger partial charge in [-0.15, -0.1) is 0 Å². The van der Waals surface area contributed by atoms with Crippen LogP contribution in [-0.2, 0) is 6.61 Å². The number of nitro groups is 1. The molecule has 0 N–H and O–H groups in total. The van der Waals surface area contributed by atoms with E-state index in [1.165, 1.54) is 19.2 Å². The number of benzene rings is 2. The number of methoxy groups -OCH3 is 1. The first-order valence-corrected chi connectivity index (χ1v) is 7.41. The number of hydrogen-bond donors (Lipinski definition) is 0. The van der Waals surface area contributed by atoms with Crippen LogP contribution in [0.2, 0.25) is 0 Å². The molecule has 0 fully saturated rings. The molecule has 0 unspecified atom stereocenters. The maximum Gasteiger partial charge on any atom is 0.269 e. The summed E-state index contributed by atoms with van der Waals surface area (Å²) in [5.74, 6) is 1.95. The van der Waals surface area contributed by atoms with Gasteiger partial charge < -0.3 is 14.0 Å². The van der Waals surface area contributed by atoms with Crippen LogP contribution in [-0.4, -0.2) is 22.2 Å². The van der Waals surface area contributed by atoms with Crippen LogP contribution < -0.4 is 9.47 Å². The van der Waals surface area contributed by atoms with E-state index in [0.29, 0.717) is 28.8 Å². The lowest BCUT2D eigenvalue weighted by atomic mass is 10.2. The second-order valence-corrected chi connectivity index (χ2v) is 5.22. The summed E-state index contributed by atoms with van der Waals surface area (Å²) < 4.78 is 16.0. The van der Waals surface area contributed by atoms with Gasteiger partial charge in [-0.3, -0.25) is 10.1 Å². The fourth-order valence-corrected chi connectivity index (χ4v) is 2.26. The zero-order chi connectivity index (χ0) is 17.8. The molecule has 0 aliphatic carbocycles. The predicted molar refractivity (Wildman–Crippen MR) is 88.5 cm³/mol. The molecule has 8 heteroatoms. The second kappa shape index (κ2) is 7.00. The molecular formula is C17H15N3O5. The number of aromatic nitrogens is 2. The minimum absolute atomic E-state index is 0.0240. The Morgan fingerprint density at radius 2 is 2.04 bits per heavy atom. The Hall–Kier alpha value is -3.42. The molecule has 1 heterocycles. The number of non-ortho nitro benzene ring substituents is 1. The van der Waals surface area contributed by atoms with Gasteiger partial charge in [0.15, 0.2) is 11.5 Å². The smallest absolute Gasteiger partial charge is 0.269 e. The Morgan fingerprint density at radius 3 is 2.72 bits per heavy atom. The van der Waals surface area contributed by atoms with Crippen LogP contribution in [0.5, 0.6) is 11.5 Å². The average molecular weight is 341 g/mol. The molecule has 0 aliphatic heterocycles. The molecule has 3 rings (SSSR count). The molecule has 1 aromatic heterocycles. The van der Waals surface area contributed by atoms with Crippen LogP contribution in [0.1, 0.15) is 11.5 Å². The normalized spacial score (nSPS) is 10.5. The van der Waals surface area contributed by atoms with E-state index >= 15 is 0 Å². The van der Waals surface area contributed by atoms with Gasteiger partial charge in [0.1, 0.15) is 6.61 Å². The lowest BCUT2D eigenvalue weighted by Gasteiger charge is -2.11. The van der Waals surface area contributed by atoms with Crippen molar-refractivity contribution in [3.8, 4) is 22.9 Å². The topological polar surface area (TPSA) is 101 Å². The van der Waals surface area contributed by atoms with Crippen molar-refractivity contribution in [1.29, 1.82) is 0 Å². The maximum absolute atomic E-state index is 10.8. The summed E-state index contributed by atoms with van der Waals surface area (Å²) in [7, 11) is 1.53. The fourth-order valence-electron chi connectivity index (χ4n) is 2.26. The van der Waals surface area contributed by atoms with E-state index in [1.807, 2.05) is 0 Å². The van der Waals surface area contributed by atoms with Crippen molar-refractivity contribution in [1.82, 2.24) is 10.1 Å². The largest absolute Gasteiger partial charge is 0.493 e. The molecule has 0 aliphatic rings.